The average molecular weight is 341 g/mol. The van der Waals surface area contributed by atoms with E-state index in [1.165, 1.54) is 23.2 Å². The van der Waals surface area contributed by atoms with Gasteiger partial charge < -0.3 is 5.11 Å². The third-order valence-corrected chi connectivity index (χ3v) is 5.35. The molecule has 1 aromatic heterocycles. The summed E-state index contributed by atoms with van der Waals surface area (Å²) < 4.78 is 2.08. The number of hydrogen-bond acceptors (Lipinski definition) is 3. The van der Waals surface area contributed by atoms with E-state index in [4.69, 9.17) is 5.11 Å². The Morgan fingerprint density at radius 1 is 1.28 bits per heavy atom. The second kappa shape index (κ2) is 7.40. The maximum absolute atomic E-state index is 11.0. The van der Waals surface area contributed by atoms with E-state index in [0.29, 0.717) is 11.5 Å². The number of aryl methyl sites for hydroxylation is 2. The summed E-state index contributed by atoms with van der Waals surface area (Å²) in [7, 11) is 0. The van der Waals surface area contributed by atoms with Gasteiger partial charge in [0.2, 0.25) is 0 Å². The molecule has 0 spiro atoms. The predicted octanol–water partition coefficient (Wildman–Crippen LogP) is 3.60. The zero-order chi connectivity index (χ0) is 18.0. The summed E-state index contributed by atoms with van der Waals surface area (Å²) in [5.74, 6) is -0.394. The van der Waals surface area contributed by atoms with Crippen molar-refractivity contribution in [1.29, 1.82) is 0 Å². The molecule has 0 unspecified atom stereocenters. The molecule has 1 aliphatic heterocycles. The summed E-state index contributed by atoms with van der Waals surface area (Å²) in [6.07, 6.45) is 2.33. The summed E-state index contributed by atoms with van der Waals surface area (Å²) in [6, 6.07) is 7.39. The van der Waals surface area contributed by atoms with Crippen LogP contribution >= 0.6 is 0 Å². The van der Waals surface area contributed by atoms with Crippen molar-refractivity contribution in [3.05, 3.63) is 52.3 Å². The summed E-state index contributed by atoms with van der Waals surface area (Å²) in [5.41, 5.74) is 5.35. The number of rotatable bonds is 5. The van der Waals surface area contributed by atoms with Crippen LogP contribution in [0.25, 0.3) is 0 Å². The molecule has 25 heavy (non-hydrogen) atoms. The van der Waals surface area contributed by atoms with Gasteiger partial charge in [0, 0.05) is 30.9 Å². The topological polar surface area (TPSA) is 58.4 Å². The van der Waals surface area contributed by atoms with Crippen molar-refractivity contribution in [1.82, 2.24) is 14.7 Å². The molecular formula is C20H27N3O2. The van der Waals surface area contributed by atoms with Crippen LogP contribution in [0.4, 0.5) is 0 Å². The number of aromatic nitrogens is 2. The first kappa shape index (κ1) is 17.7. The van der Waals surface area contributed by atoms with E-state index in [1.807, 2.05) is 12.1 Å². The molecule has 1 N–H and O–H groups in total. The predicted molar refractivity (Wildman–Crippen MR) is 98.0 cm³/mol. The Morgan fingerprint density at radius 3 is 2.60 bits per heavy atom. The lowest BCUT2D eigenvalue weighted by Crippen LogP contribution is -2.34. The fourth-order valence-electron chi connectivity index (χ4n) is 3.86. The molecule has 1 fully saturated rings. The minimum Gasteiger partial charge on any atom is -0.478 e. The first-order valence-corrected chi connectivity index (χ1v) is 9.08. The molecule has 0 radical (unpaired) electrons. The van der Waals surface area contributed by atoms with Crippen LogP contribution in [-0.4, -0.2) is 38.8 Å². The first-order chi connectivity index (χ1) is 12.0. The lowest BCUT2D eigenvalue weighted by Gasteiger charge is -2.33. The zero-order valence-electron chi connectivity index (χ0n) is 15.3. The minimum absolute atomic E-state index is 0.356. The molecule has 0 amide bonds. The van der Waals surface area contributed by atoms with Crippen molar-refractivity contribution in [2.45, 2.75) is 52.6 Å². The van der Waals surface area contributed by atoms with Gasteiger partial charge in [-0.1, -0.05) is 12.1 Å². The van der Waals surface area contributed by atoms with E-state index in [-0.39, 0.29) is 0 Å². The molecular weight excluding hydrogens is 314 g/mol. The highest BCUT2D eigenvalue weighted by Gasteiger charge is 2.23. The van der Waals surface area contributed by atoms with Crippen LogP contribution in [0, 0.1) is 13.8 Å². The maximum Gasteiger partial charge on any atom is 0.335 e. The van der Waals surface area contributed by atoms with Gasteiger partial charge in [0.05, 0.1) is 11.3 Å². The maximum atomic E-state index is 11.0. The molecule has 0 saturated carbocycles. The van der Waals surface area contributed by atoms with Crippen molar-refractivity contribution in [3.8, 4) is 0 Å². The number of benzene rings is 1. The lowest BCUT2D eigenvalue weighted by atomic mass is 9.90. The van der Waals surface area contributed by atoms with Crippen LogP contribution in [0.15, 0.2) is 24.3 Å². The Hall–Kier alpha value is -2.14. The number of nitrogens with zero attached hydrogens (tertiary/aromatic N) is 3. The van der Waals surface area contributed by atoms with Crippen molar-refractivity contribution in [2.24, 2.45) is 0 Å². The monoisotopic (exact) mass is 341 g/mol. The Morgan fingerprint density at radius 2 is 2.00 bits per heavy atom. The van der Waals surface area contributed by atoms with Crippen LogP contribution < -0.4 is 0 Å². The Labute approximate surface area is 149 Å². The van der Waals surface area contributed by atoms with Crippen LogP contribution in [0.3, 0.4) is 0 Å². The smallest absolute Gasteiger partial charge is 0.335 e. The molecule has 0 aliphatic carbocycles. The number of hydrogen-bond donors (Lipinski definition) is 1. The van der Waals surface area contributed by atoms with Crippen molar-refractivity contribution in [2.75, 3.05) is 13.1 Å². The van der Waals surface area contributed by atoms with E-state index in [9.17, 15) is 4.79 Å². The highest BCUT2D eigenvalue weighted by Crippen LogP contribution is 2.29. The van der Waals surface area contributed by atoms with Crippen LogP contribution in [0.5, 0.6) is 0 Å². The summed E-state index contributed by atoms with van der Waals surface area (Å²) >= 11 is 0. The van der Waals surface area contributed by atoms with Gasteiger partial charge in [0.15, 0.2) is 0 Å². The molecule has 134 valence electrons. The number of carbonyl (C=O) groups is 1. The normalized spacial score (nSPS) is 18.4. The molecule has 3 rings (SSSR count). The Bertz CT molecular complexity index is 749. The van der Waals surface area contributed by atoms with Gasteiger partial charge >= 0.3 is 5.97 Å². The van der Waals surface area contributed by atoms with Crippen LogP contribution in [0.1, 0.15) is 58.6 Å². The van der Waals surface area contributed by atoms with Crippen molar-refractivity contribution in [3.63, 3.8) is 0 Å². The third-order valence-electron chi connectivity index (χ3n) is 5.35. The molecule has 1 saturated heterocycles. The zero-order valence-corrected chi connectivity index (χ0v) is 15.3. The highest BCUT2D eigenvalue weighted by atomic mass is 16.4. The lowest BCUT2D eigenvalue weighted by molar-refractivity contribution is 0.0697. The standard InChI is InChI=1S/C20H27N3O2/c1-4-23-15(3)19(14(2)21-23)13-22-11-5-6-18(12-22)16-7-9-17(10-8-16)20(24)25/h7-10,18H,4-6,11-13H2,1-3H3,(H,24,25)/t18-/m0/s1. The summed E-state index contributed by atoms with van der Waals surface area (Å²) in [5, 5.41) is 13.7. The van der Waals surface area contributed by atoms with Crippen molar-refractivity contribution < 1.29 is 9.90 Å². The number of piperidine rings is 1. The average Bonchev–Trinajstić information content (AvgIpc) is 2.89. The molecule has 1 atom stereocenters. The van der Waals surface area contributed by atoms with E-state index in [0.717, 1.165) is 38.3 Å². The van der Waals surface area contributed by atoms with E-state index in [1.54, 1.807) is 12.1 Å². The molecule has 2 heterocycles. The number of aromatic carboxylic acids is 1. The Balaban J connectivity index is 1.71. The van der Waals surface area contributed by atoms with Gasteiger partial charge in [-0.2, -0.15) is 5.10 Å². The van der Waals surface area contributed by atoms with Gasteiger partial charge in [0.1, 0.15) is 0 Å². The van der Waals surface area contributed by atoms with Crippen LogP contribution in [-0.2, 0) is 13.1 Å². The molecule has 1 aliphatic rings. The van der Waals surface area contributed by atoms with E-state index < -0.39 is 5.97 Å². The number of likely N-dealkylation sites (tertiary alicyclic amines) is 1. The van der Waals surface area contributed by atoms with E-state index >= 15 is 0 Å². The summed E-state index contributed by atoms with van der Waals surface area (Å²) in [6.45, 7) is 10.4. The molecule has 1 aromatic carbocycles. The highest BCUT2D eigenvalue weighted by molar-refractivity contribution is 5.87. The minimum atomic E-state index is -0.865. The largest absolute Gasteiger partial charge is 0.478 e. The number of carboxylic acids is 1. The van der Waals surface area contributed by atoms with Crippen molar-refractivity contribution >= 4 is 5.97 Å². The van der Waals surface area contributed by atoms with E-state index in [2.05, 4.69) is 35.5 Å². The molecule has 5 heteroatoms. The summed E-state index contributed by atoms with van der Waals surface area (Å²) in [4.78, 5) is 13.5. The third kappa shape index (κ3) is 3.76. The second-order valence-electron chi connectivity index (χ2n) is 6.97. The van der Waals surface area contributed by atoms with Crippen LogP contribution in [0.2, 0.25) is 0 Å². The van der Waals surface area contributed by atoms with Gasteiger partial charge in [-0.3, -0.25) is 9.58 Å². The fraction of sp³-hybridized carbons (Fsp3) is 0.500. The molecule has 0 bridgehead atoms. The van der Waals surface area contributed by atoms with Gasteiger partial charge in [-0.15, -0.1) is 0 Å². The number of carboxylic acid groups (broad SMARTS) is 1. The molecule has 2 aromatic rings. The quantitative estimate of drug-likeness (QED) is 0.903. The fourth-order valence-corrected chi connectivity index (χ4v) is 3.86. The Kier molecular flexibility index (Phi) is 5.23. The molecule has 5 nitrogen and oxygen atoms in total. The van der Waals surface area contributed by atoms with Gasteiger partial charge in [-0.05, 0) is 63.8 Å². The second-order valence-corrected chi connectivity index (χ2v) is 6.97. The first-order valence-electron chi connectivity index (χ1n) is 9.08. The van der Waals surface area contributed by atoms with Gasteiger partial charge in [0.25, 0.3) is 0 Å². The van der Waals surface area contributed by atoms with Gasteiger partial charge in [-0.25, -0.2) is 4.79 Å². The SMILES string of the molecule is CCn1nc(C)c(CN2CCC[C@H](c3ccc(C(=O)O)cc3)C2)c1C.